The molecule has 0 aliphatic heterocycles. The number of aryl methyl sites for hydroxylation is 3. The first-order valence-corrected chi connectivity index (χ1v) is 9.92. The third-order valence-electron chi connectivity index (χ3n) is 5.23. The van der Waals surface area contributed by atoms with Gasteiger partial charge in [0.25, 0.3) is 5.91 Å². The Labute approximate surface area is 180 Å². The summed E-state index contributed by atoms with van der Waals surface area (Å²) in [5.41, 5.74) is 5.52. The van der Waals surface area contributed by atoms with Crippen molar-refractivity contribution < 1.29 is 9.53 Å². The predicted octanol–water partition coefficient (Wildman–Crippen LogP) is 4.94. The van der Waals surface area contributed by atoms with E-state index in [9.17, 15) is 4.79 Å². The van der Waals surface area contributed by atoms with Crippen molar-refractivity contribution in [2.24, 2.45) is 0 Å². The second-order valence-electron chi connectivity index (χ2n) is 7.39. The lowest BCUT2D eigenvalue weighted by atomic mass is 10.1. The molecule has 0 aliphatic carbocycles. The molecule has 7 heteroatoms. The van der Waals surface area contributed by atoms with Gasteiger partial charge in [-0.1, -0.05) is 6.07 Å². The van der Waals surface area contributed by atoms with Crippen LogP contribution in [0.4, 0.5) is 5.69 Å². The lowest BCUT2D eigenvalue weighted by molar-refractivity contribution is 0.102. The molecule has 0 atom stereocenters. The van der Waals surface area contributed by atoms with Crippen molar-refractivity contribution >= 4 is 11.6 Å². The number of hydrogen-bond acceptors (Lipinski definition) is 5. The van der Waals surface area contributed by atoms with Gasteiger partial charge in [0, 0.05) is 23.0 Å². The third kappa shape index (κ3) is 4.45. The van der Waals surface area contributed by atoms with Crippen molar-refractivity contribution in [3.63, 3.8) is 0 Å². The molecule has 7 nitrogen and oxygen atoms in total. The molecule has 0 fully saturated rings. The maximum atomic E-state index is 12.5. The summed E-state index contributed by atoms with van der Waals surface area (Å²) in [4.78, 5) is 16.7. The van der Waals surface area contributed by atoms with Gasteiger partial charge in [-0.05, 0) is 81.3 Å². The highest BCUT2D eigenvalue weighted by atomic mass is 16.5. The zero-order valence-corrected chi connectivity index (χ0v) is 17.9. The lowest BCUT2D eigenvalue weighted by Crippen LogP contribution is -2.12. The highest BCUT2D eigenvalue weighted by molar-refractivity contribution is 6.04. The third-order valence-corrected chi connectivity index (χ3v) is 5.23. The molecule has 2 aromatic carbocycles. The van der Waals surface area contributed by atoms with Gasteiger partial charge in [-0.2, -0.15) is 0 Å². The van der Waals surface area contributed by atoms with Gasteiger partial charge in [0.05, 0.1) is 5.69 Å². The molecule has 1 N–H and O–H groups in total. The number of anilines is 1. The molecule has 0 unspecified atom stereocenters. The van der Waals surface area contributed by atoms with Gasteiger partial charge < -0.3 is 10.1 Å². The molecule has 4 aromatic rings. The second kappa shape index (κ2) is 8.39. The van der Waals surface area contributed by atoms with E-state index in [1.165, 1.54) is 0 Å². The van der Waals surface area contributed by atoms with Crippen molar-refractivity contribution in [3.05, 3.63) is 89.0 Å². The molecule has 0 radical (unpaired) electrons. The first kappa shape index (κ1) is 20.3. The van der Waals surface area contributed by atoms with Gasteiger partial charge >= 0.3 is 0 Å². The Morgan fingerprint density at radius 2 is 1.68 bits per heavy atom. The highest BCUT2D eigenvalue weighted by Gasteiger charge is 2.09. The van der Waals surface area contributed by atoms with Gasteiger partial charge in [0.2, 0.25) is 5.88 Å². The van der Waals surface area contributed by atoms with E-state index in [1.807, 2.05) is 56.5 Å². The SMILES string of the molecule is Cc1ccc(C(=O)Nc2ccc(Oc3ccc(-n4cnc(C)c4C)nn3)cc2)cc1C. The highest BCUT2D eigenvalue weighted by Crippen LogP contribution is 2.22. The molecule has 0 spiro atoms. The van der Waals surface area contributed by atoms with E-state index >= 15 is 0 Å². The average molecular weight is 413 g/mol. The van der Waals surface area contributed by atoms with Crippen LogP contribution in [0.1, 0.15) is 32.9 Å². The van der Waals surface area contributed by atoms with Gasteiger partial charge in [-0.25, -0.2) is 4.98 Å². The number of nitrogens with one attached hydrogen (secondary N) is 1. The summed E-state index contributed by atoms with van der Waals surface area (Å²) >= 11 is 0. The number of rotatable bonds is 5. The molecule has 2 heterocycles. The summed E-state index contributed by atoms with van der Waals surface area (Å²) in [6.45, 7) is 7.94. The smallest absolute Gasteiger partial charge is 0.255 e. The minimum absolute atomic E-state index is 0.150. The van der Waals surface area contributed by atoms with Crippen LogP contribution in [0.3, 0.4) is 0 Å². The fraction of sp³-hybridized carbons (Fsp3) is 0.167. The number of nitrogens with zero attached hydrogens (tertiary/aromatic N) is 4. The molecule has 1 amide bonds. The molecular weight excluding hydrogens is 390 g/mol. The van der Waals surface area contributed by atoms with Gasteiger partial charge in [-0.15, -0.1) is 10.2 Å². The zero-order chi connectivity index (χ0) is 22.0. The summed E-state index contributed by atoms with van der Waals surface area (Å²) < 4.78 is 7.64. The standard InChI is InChI=1S/C24H23N5O2/c1-15-5-6-19(13-16(15)2)24(30)26-20-7-9-21(10-8-20)31-23-12-11-22(27-28-23)29-14-25-17(3)18(29)4/h5-14H,1-4H3,(H,26,30). The van der Waals surface area contributed by atoms with E-state index in [1.54, 1.807) is 36.7 Å². The van der Waals surface area contributed by atoms with Crippen LogP contribution in [0.2, 0.25) is 0 Å². The summed E-state index contributed by atoms with van der Waals surface area (Å²) in [6.07, 6.45) is 1.72. The molecule has 4 rings (SSSR count). The van der Waals surface area contributed by atoms with Crippen molar-refractivity contribution in [2.75, 3.05) is 5.32 Å². The Kier molecular flexibility index (Phi) is 5.49. The van der Waals surface area contributed by atoms with Crippen LogP contribution >= 0.6 is 0 Å². The fourth-order valence-corrected chi connectivity index (χ4v) is 3.04. The van der Waals surface area contributed by atoms with Crippen LogP contribution in [0.15, 0.2) is 60.9 Å². The van der Waals surface area contributed by atoms with E-state index in [-0.39, 0.29) is 5.91 Å². The number of ether oxygens (including phenoxy) is 1. The molecule has 0 bridgehead atoms. The molecular formula is C24H23N5O2. The largest absolute Gasteiger partial charge is 0.438 e. The first-order chi connectivity index (χ1) is 14.9. The molecule has 0 aliphatic rings. The monoisotopic (exact) mass is 413 g/mol. The minimum atomic E-state index is -0.150. The van der Waals surface area contributed by atoms with Crippen molar-refractivity contribution in [3.8, 4) is 17.4 Å². The van der Waals surface area contributed by atoms with Crippen LogP contribution in [0, 0.1) is 27.7 Å². The lowest BCUT2D eigenvalue weighted by Gasteiger charge is -2.09. The van der Waals surface area contributed by atoms with Crippen molar-refractivity contribution in [1.29, 1.82) is 0 Å². The summed E-state index contributed by atoms with van der Waals surface area (Å²) in [7, 11) is 0. The van der Waals surface area contributed by atoms with Crippen LogP contribution in [-0.2, 0) is 0 Å². The maximum absolute atomic E-state index is 12.5. The molecule has 156 valence electrons. The summed E-state index contributed by atoms with van der Waals surface area (Å²) in [5.74, 6) is 1.50. The maximum Gasteiger partial charge on any atom is 0.255 e. The number of hydrogen-bond donors (Lipinski definition) is 1. The van der Waals surface area contributed by atoms with E-state index in [0.29, 0.717) is 28.7 Å². The number of benzene rings is 2. The van der Waals surface area contributed by atoms with Crippen molar-refractivity contribution in [1.82, 2.24) is 19.7 Å². The van der Waals surface area contributed by atoms with Crippen LogP contribution in [-0.4, -0.2) is 25.7 Å². The van der Waals surface area contributed by atoms with E-state index in [0.717, 1.165) is 22.5 Å². The number of imidazole rings is 1. The zero-order valence-electron chi connectivity index (χ0n) is 17.9. The molecule has 2 aromatic heterocycles. The van der Waals surface area contributed by atoms with Gasteiger partial charge in [0.1, 0.15) is 12.1 Å². The molecule has 0 saturated heterocycles. The van der Waals surface area contributed by atoms with Gasteiger partial charge in [0.15, 0.2) is 5.82 Å². The van der Waals surface area contributed by atoms with Gasteiger partial charge in [-0.3, -0.25) is 9.36 Å². The predicted molar refractivity (Wildman–Crippen MR) is 119 cm³/mol. The van der Waals surface area contributed by atoms with Crippen LogP contribution in [0.25, 0.3) is 5.82 Å². The van der Waals surface area contributed by atoms with Crippen LogP contribution in [0.5, 0.6) is 11.6 Å². The number of aromatic nitrogens is 4. The molecule has 0 saturated carbocycles. The Bertz CT molecular complexity index is 1230. The number of amides is 1. The van der Waals surface area contributed by atoms with Crippen LogP contribution < -0.4 is 10.1 Å². The normalized spacial score (nSPS) is 10.7. The fourth-order valence-electron chi connectivity index (χ4n) is 3.04. The Hall–Kier alpha value is -4.00. The topological polar surface area (TPSA) is 81.9 Å². The number of carbonyl (C=O) groups is 1. The first-order valence-electron chi connectivity index (χ1n) is 9.92. The van der Waals surface area contributed by atoms with E-state index in [4.69, 9.17) is 4.74 Å². The second-order valence-corrected chi connectivity index (χ2v) is 7.39. The molecule has 31 heavy (non-hydrogen) atoms. The Morgan fingerprint density at radius 3 is 2.29 bits per heavy atom. The van der Waals surface area contributed by atoms with E-state index in [2.05, 4.69) is 20.5 Å². The summed E-state index contributed by atoms with van der Waals surface area (Å²) in [5, 5.41) is 11.2. The minimum Gasteiger partial charge on any atom is -0.438 e. The summed E-state index contributed by atoms with van der Waals surface area (Å²) in [6, 6.07) is 16.4. The Morgan fingerprint density at radius 1 is 0.903 bits per heavy atom. The Balaban J connectivity index is 1.41. The average Bonchev–Trinajstić information content (AvgIpc) is 3.10. The van der Waals surface area contributed by atoms with Crippen molar-refractivity contribution in [2.45, 2.75) is 27.7 Å². The van der Waals surface area contributed by atoms with E-state index < -0.39 is 0 Å². The quantitative estimate of drug-likeness (QED) is 0.501. The number of carbonyl (C=O) groups excluding carboxylic acids is 1.